The van der Waals surface area contributed by atoms with Gasteiger partial charge in [0.2, 0.25) is 0 Å². The van der Waals surface area contributed by atoms with Gasteiger partial charge in [0.05, 0.1) is 0 Å². The Morgan fingerprint density at radius 2 is 1.95 bits per heavy atom. The fraction of sp³-hybridized carbons (Fsp3) is 0.333. The molecular weight excluding hydrogens is 324 g/mol. The van der Waals surface area contributed by atoms with Gasteiger partial charge in [-0.3, -0.25) is 0 Å². The van der Waals surface area contributed by atoms with E-state index in [2.05, 4.69) is 70.7 Å². The Kier molecular flexibility index (Phi) is 4.20. The first-order valence-corrected chi connectivity index (χ1v) is 8.29. The minimum absolute atomic E-state index is 0.861. The monoisotopic (exact) mass is 344 g/mol. The number of fused-ring (bicyclic) bond motifs is 1. The van der Waals surface area contributed by atoms with Crippen molar-refractivity contribution in [3.8, 4) is 0 Å². The third kappa shape index (κ3) is 3.08. The molecule has 2 aromatic carbocycles. The second kappa shape index (κ2) is 6.10. The second-order valence-electron chi connectivity index (χ2n) is 5.75. The van der Waals surface area contributed by atoms with E-state index in [9.17, 15) is 0 Å². The summed E-state index contributed by atoms with van der Waals surface area (Å²) in [6.45, 7) is 6.25. The number of hydrogen-bond acceptors (Lipinski definition) is 2. The minimum Gasteiger partial charge on any atom is -0.385 e. The van der Waals surface area contributed by atoms with Crippen LogP contribution in [0.5, 0.6) is 0 Å². The van der Waals surface area contributed by atoms with E-state index in [1.54, 1.807) is 0 Å². The smallest absolute Gasteiger partial charge is 0.0423 e. The van der Waals surface area contributed by atoms with Gasteiger partial charge in [0.25, 0.3) is 0 Å². The number of anilines is 2. The van der Waals surface area contributed by atoms with E-state index >= 15 is 0 Å². The molecule has 2 N–H and O–H groups in total. The average molecular weight is 345 g/mol. The van der Waals surface area contributed by atoms with Crippen molar-refractivity contribution in [1.29, 1.82) is 0 Å². The maximum Gasteiger partial charge on any atom is 0.0423 e. The molecule has 21 heavy (non-hydrogen) atoms. The summed E-state index contributed by atoms with van der Waals surface area (Å²) in [4.78, 5) is 0. The molecule has 0 atom stereocenters. The van der Waals surface area contributed by atoms with Gasteiger partial charge in [0, 0.05) is 28.9 Å². The lowest BCUT2D eigenvalue weighted by Crippen LogP contribution is -2.15. The Bertz CT molecular complexity index is 641. The number of para-hydroxylation sites is 1. The molecule has 1 heterocycles. The van der Waals surface area contributed by atoms with E-state index in [1.807, 2.05) is 0 Å². The zero-order chi connectivity index (χ0) is 14.8. The minimum atomic E-state index is 0.861. The molecule has 0 unspecified atom stereocenters. The molecule has 1 aliphatic rings. The second-order valence-corrected chi connectivity index (χ2v) is 6.67. The van der Waals surface area contributed by atoms with Crippen molar-refractivity contribution in [2.45, 2.75) is 33.2 Å². The van der Waals surface area contributed by atoms with Gasteiger partial charge < -0.3 is 10.6 Å². The number of halogens is 1. The van der Waals surface area contributed by atoms with Crippen LogP contribution in [0.25, 0.3) is 0 Å². The fourth-order valence-corrected chi connectivity index (χ4v) is 3.79. The van der Waals surface area contributed by atoms with Crippen LogP contribution in [-0.4, -0.2) is 6.54 Å². The lowest BCUT2D eigenvalue weighted by atomic mass is 9.99. The van der Waals surface area contributed by atoms with Gasteiger partial charge in [-0.2, -0.15) is 0 Å². The van der Waals surface area contributed by atoms with Crippen LogP contribution in [0.4, 0.5) is 11.4 Å². The van der Waals surface area contributed by atoms with E-state index in [4.69, 9.17) is 0 Å². The summed E-state index contributed by atoms with van der Waals surface area (Å²) in [5, 5.41) is 7.17. The van der Waals surface area contributed by atoms with Crippen LogP contribution in [0, 0.1) is 13.8 Å². The standard InChI is InChI=1S/C18H21BrN2/c1-12-9-16(19)10-13(2)17(12)21-11-15-6-3-5-14-7-4-8-20-18(14)15/h3,5-6,9-10,20-21H,4,7-8,11H2,1-2H3. The van der Waals surface area contributed by atoms with Crippen molar-refractivity contribution in [1.82, 2.24) is 0 Å². The van der Waals surface area contributed by atoms with Crippen LogP contribution in [0.3, 0.4) is 0 Å². The molecule has 0 aliphatic carbocycles. The molecule has 0 aromatic heterocycles. The summed E-state index contributed by atoms with van der Waals surface area (Å²) in [5.74, 6) is 0. The van der Waals surface area contributed by atoms with Gasteiger partial charge in [-0.05, 0) is 61.1 Å². The van der Waals surface area contributed by atoms with Gasteiger partial charge >= 0.3 is 0 Å². The molecule has 0 bridgehead atoms. The average Bonchev–Trinajstić information content (AvgIpc) is 2.46. The third-order valence-corrected chi connectivity index (χ3v) is 4.57. The van der Waals surface area contributed by atoms with Gasteiger partial charge in [0.15, 0.2) is 0 Å². The molecule has 0 radical (unpaired) electrons. The number of hydrogen-bond donors (Lipinski definition) is 2. The molecule has 3 rings (SSSR count). The van der Waals surface area contributed by atoms with E-state index in [0.29, 0.717) is 0 Å². The zero-order valence-corrected chi connectivity index (χ0v) is 14.2. The van der Waals surface area contributed by atoms with Crippen LogP contribution in [-0.2, 0) is 13.0 Å². The van der Waals surface area contributed by atoms with E-state index in [0.717, 1.165) is 17.6 Å². The highest BCUT2D eigenvalue weighted by Crippen LogP contribution is 2.29. The molecule has 1 aliphatic heterocycles. The lowest BCUT2D eigenvalue weighted by molar-refractivity contribution is 0.825. The van der Waals surface area contributed by atoms with Crippen molar-refractivity contribution in [3.63, 3.8) is 0 Å². The van der Waals surface area contributed by atoms with Crippen molar-refractivity contribution in [3.05, 3.63) is 57.1 Å². The molecule has 0 spiro atoms. The Hall–Kier alpha value is -1.48. The van der Waals surface area contributed by atoms with Crippen molar-refractivity contribution in [2.24, 2.45) is 0 Å². The Morgan fingerprint density at radius 3 is 2.71 bits per heavy atom. The highest BCUT2D eigenvalue weighted by molar-refractivity contribution is 9.10. The first-order chi connectivity index (χ1) is 10.1. The van der Waals surface area contributed by atoms with Crippen molar-refractivity contribution < 1.29 is 0 Å². The molecule has 0 saturated heterocycles. The van der Waals surface area contributed by atoms with Crippen LogP contribution >= 0.6 is 15.9 Å². The van der Waals surface area contributed by atoms with E-state index in [1.165, 1.54) is 46.5 Å². The lowest BCUT2D eigenvalue weighted by Gasteiger charge is -2.22. The summed E-state index contributed by atoms with van der Waals surface area (Å²) in [6.07, 6.45) is 2.42. The fourth-order valence-electron chi connectivity index (χ4n) is 3.10. The normalized spacial score (nSPS) is 13.5. The first kappa shape index (κ1) is 14.5. The predicted octanol–water partition coefficient (Wildman–Crippen LogP) is 5.04. The Morgan fingerprint density at radius 1 is 1.19 bits per heavy atom. The largest absolute Gasteiger partial charge is 0.385 e. The van der Waals surface area contributed by atoms with Crippen LogP contribution in [0.1, 0.15) is 28.7 Å². The number of nitrogens with one attached hydrogen (secondary N) is 2. The first-order valence-electron chi connectivity index (χ1n) is 7.50. The third-order valence-electron chi connectivity index (χ3n) is 4.11. The maximum atomic E-state index is 3.61. The summed E-state index contributed by atoms with van der Waals surface area (Å²) < 4.78 is 1.14. The van der Waals surface area contributed by atoms with Crippen LogP contribution < -0.4 is 10.6 Å². The predicted molar refractivity (Wildman–Crippen MR) is 94.2 cm³/mol. The summed E-state index contributed by atoms with van der Waals surface area (Å²) in [6, 6.07) is 10.9. The Balaban J connectivity index is 1.83. The quantitative estimate of drug-likeness (QED) is 0.815. The molecule has 2 nitrogen and oxygen atoms in total. The van der Waals surface area contributed by atoms with E-state index in [-0.39, 0.29) is 0 Å². The number of rotatable bonds is 3. The highest BCUT2D eigenvalue weighted by atomic mass is 79.9. The van der Waals surface area contributed by atoms with Crippen molar-refractivity contribution in [2.75, 3.05) is 17.2 Å². The molecular formula is C18H21BrN2. The molecule has 0 fully saturated rings. The summed E-state index contributed by atoms with van der Waals surface area (Å²) in [5.41, 5.74) is 7.94. The zero-order valence-electron chi connectivity index (χ0n) is 12.6. The topological polar surface area (TPSA) is 24.1 Å². The molecule has 0 amide bonds. The highest BCUT2D eigenvalue weighted by Gasteiger charge is 2.12. The summed E-state index contributed by atoms with van der Waals surface area (Å²) in [7, 11) is 0. The maximum absolute atomic E-state index is 3.61. The van der Waals surface area contributed by atoms with Gasteiger partial charge in [-0.25, -0.2) is 0 Å². The SMILES string of the molecule is Cc1cc(Br)cc(C)c1NCc1cccc2c1NCCC2. The van der Waals surface area contributed by atoms with Crippen LogP contribution in [0.15, 0.2) is 34.8 Å². The van der Waals surface area contributed by atoms with E-state index < -0.39 is 0 Å². The number of aryl methyl sites for hydroxylation is 3. The molecule has 3 heteroatoms. The number of benzene rings is 2. The van der Waals surface area contributed by atoms with Crippen molar-refractivity contribution >= 4 is 27.3 Å². The van der Waals surface area contributed by atoms with Gasteiger partial charge in [0.1, 0.15) is 0 Å². The van der Waals surface area contributed by atoms with Gasteiger partial charge in [-0.15, -0.1) is 0 Å². The van der Waals surface area contributed by atoms with Crippen LogP contribution in [0.2, 0.25) is 0 Å². The molecule has 2 aromatic rings. The molecule has 0 saturated carbocycles. The van der Waals surface area contributed by atoms with Gasteiger partial charge in [-0.1, -0.05) is 34.1 Å². The molecule has 110 valence electrons. The Labute approximate surface area is 135 Å². The summed E-state index contributed by atoms with van der Waals surface area (Å²) >= 11 is 3.55.